The summed E-state index contributed by atoms with van der Waals surface area (Å²) in [5.41, 5.74) is 2.09. The van der Waals surface area contributed by atoms with E-state index in [1.165, 1.54) is 25.9 Å². The van der Waals surface area contributed by atoms with Gasteiger partial charge >= 0.3 is 0 Å². The van der Waals surface area contributed by atoms with Crippen molar-refractivity contribution < 1.29 is 9.21 Å². The Hall–Kier alpha value is -1.88. The van der Waals surface area contributed by atoms with Crippen molar-refractivity contribution in [3.8, 4) is 0 Å². The van der Waals surface area contributed by atoms with Crippen LogP contribution >= 0.6 is 0 Å². The van der Waals surface area contributed by atoms with Crippen LogP contribution in [0.5, 0.6) is 0 Å². The van der Waals surface area contributed by atoms with E-state index in [9.17, 15) is 4.79 Å². The number of para-hydroxylation sites is 1. The third-order valence-electron chi connectivity index (χ3n) is 6.08. The molecule has 1 saturated carbocycles. The molecule has 5 heteroatoms. The van der Waals surface area contributed by atoms with E-state index in [1.807, 2.05) is 18.2 Å². The standard InChI is InChI=1S/C19H23N3O2/c1-11-9-14(11)19-21-17-13(3-2-4-16(17)24-19)18(23)20-15-10-22-7-5-12(15)6-8-22/h2-4,11-12,14-15H,5-10H2,1H3,(H,20,23)/t11?,14-,15?/m0/s1. The van der Waals surface area contributed by atoms with E-state index in [0.717, 1.165) is 24.4 Å². The number of rotatable bonds is 3. The van der Waals surface area contributed by atoms with Gasteiger partial charge in [0.15, 0.2) is 11.5 Å². The zero-order valence-electron chi connectivity index (χ0n) is 14.0. The predicted octanol–water partition coefficient (Wildman–Crippen LogP) is 2.78. The number of oxazole rings is 1. The highest BCUT2D eigenvalue weighted by atomic mass is 16.3. The molecule has 4 heterocycles. The van der Waals surface area contributed by atoms with Crippen LogP contribution in [0.25, 0.3) is 11.1 Å². The SMILES string of the molecule is CC1C[C@@H]1c1nc2c(C(=O)NC3CN4CCC3CC4)cccc2o1. The number of nitrogens with zero attached hydrogens (tertiary/aromatic N) is 2. The Bertz CT molecular complexity index is 791. The summed E-state index contributed by atoms with van der Waals surface area (Å²) in [6.45, 7) is 5.55. The molecule has 0 radical (unpaired) electrons. The Morgan fingerprint density at radius 2 is 2.12 bits per heavy atom. The van der Waals surface area contributed by atoms with Gasteiger partial charge in [-0.2, -0.15) is 0 Å². The summed E-state index contributed by atoms with van der Waals surface area (Å²) < 4.78 is 5.89. The molecule has 3 saturated heterocycles. The fourth-order valence-corrected chi connectivity index (χ4v) is 4.35. The van der Waals surface area contributed by atoms with Gasteiger partial charge in [-0.05, 0) is 56.3 Å². The van der Waals surface area contributed by atoms with Crippen LogP contribution in [0.3, 0.4) is 0 Å². The molecule has 1 amide bonds. The fourth-order valence-electron chi connectivity index (χ4n) is 4.35. The lowest BCUT2D eigenvalue weighted by atomic mass is 9.84. The fraction of sp³-hybridized carbons (Fsp3) is 0.579. The number of carbonyl (C=O) groups excluding carboxylic acids is 1. The van der Waals surface area contributed by atoms with Gasteiger partial charge < -0.3 is 14.6 Å². The summed E-state index contributed by atoms with van der Waals surface area (Å²) in [6, 6.07) is 5.93. The van der Waals surface area contributed by atoms with Crippen molar-refractivity contribution in [1.82, 2.24) is 15.2 Å². The van der Waals surface area contributed by atoms with Gasteiger partial charge in [-0.3, -0.25) is 4.79 Å². The minimum absolute atomic E-state index is 0.0111. The number of nitrogens with one attached hydrogen (secondary N) is 1. The second-order valence-corrected chi connectivity index (χ2v) is 7.74. The van der Waals surface area contributed by atoms with E-state index in [1.54, 1.807) is 0 Å². The Balaban J connectivity index is 1.41. The molecule has 1 aromatic carbocycles. The van der Waals surface area contributed by atoms with Crippen molar-refractivity contribution in [2.45, 2.75) is 38.1 Å². The van der Waals surface area contributed by atoms with Crippen molar-refractivity contribution in [2.24, 2.45) is 11.8 Å². The van der Waals surface area contributed by atoms with Gasteiger partial charge in [0, 0.05) is 18.5 Å². The Labute approximate surface area is 141 Å². The largest absolute Gasteiger partial charge is 0.440 e. The second-order valence-electron chi connectivity index (χ2n) is 7.74. The van der Waals surface area contributed by atoms with Gasteiger partial charge in [0.1, 0.15) is 5.52 Å². The maximum Gasteiger partial charge on any atom is 0.253 e. The van der Waals surface area contributed by atoms with Crippen LogP contribution in [-0.2, 0) is 0 Å². The van der Waals surface area contributed by atoms with Crippen LogP contribution in [0.4, 0.5) is 0 Å². The van der Waals surface area contributed by atoms with E-state index < -0.39 is 0 Å². The van der Waals surface area contributed by atoms with Crippen molar-refractivity contribution in [3.63, 3.8) is 0 Å². The summed E-state index contributed by atoms with van der Waals surface area (Å²) >= 11 is 0. The maximum absolute atomic E-state index is 12.9. The number of piperidine rings is 3. The molecule has 126 valence electrons. The number of benzene rings is 1. The van der Waals surface area contributed by atoms with Gasteiger partial charge in [-0.15, -0.1) is 0 Å². The molecule has 0 spiro atoms. The zero-order valence-corrected chi connectivity index (χ0v) is 14.0. The highest BCUT2D eigenvalue weighted by molar-refractivity contribution is 6.04. The Kier molecular flexibility index (Phi) is 3.20. The van der Waals surface area contributed by atoms with Crippen molar-refractivity contribution in [3.05, 3.63) is 29.7 Å². The zero-order chi connectivity index (χ0) is 16.3. The summed E-state index contributed by atoms with van der Waals surface area (Å²) in [4.78, 5) is 20.0. The normalized spacial score (nSPS) is 34.5. The molecule has 1 aliphatic carbocycles. The first-order valence-corrected chi connectivity index (χ1v) is 9.11. The molecule has 5 nitrogen and oxygen atoms in total. The molecule has 2 unspecified atom stereocenters. The summed E-state index contributed by atoms with van der Waals surface area (Å²) in [7, 11) is 0. The number of fused-ring (bicyclic) bond motifs is 4. The Morgan fingerprint density at radius 3 is 2.79 bits per heavy atom. The van der Waals surface area contributed by atoms with E-state index in [0.29, 0.717) is 28.8 Å². The average Bonchev–Trinajstić information content (AvgIpc) is 3.18. The molecule has 6 rings (SSSR count). The van der Waals surface area contributed by atoms with E-state index in [4.69, 9.17) is 4.42 Å². The van der Waals surface area contributed by atoms with Gasteiger partial charge in [0.25, 0.3) is 5.91 Å². The van der Waals surface area contributed by atoms with Crippen LogP contribution in [0.15, 0.2) is 22.6 Å². The molecule has 1 aromatic heterocycles. The minimum Gasteiger partial charge on any atom is -0.440 e. The number of hydrogen-bond donors (Lipinski definition) is 1. The van der Waals surface area contributed by atoms with E-state index in [-0.39, 0.29) is 11.9 Å². The third kappa shape index (κ3) is 2.34. The number of carbonyl (C=O) groups is 1. The summed E-state index contributed by atoms with van der Waals surface area (Å²) in [5.74, 6) is 2.47. The lowest BCUT2D eigenvalue weighted by molar-refractivity contribution is 0.0621. The van der Waals surface area contributed by atoms with Crippen molar-refractivity contribution >= 4 is 17.0 Å². The summed E-state index contributed by atoms with van der Waals surface area (Å²) in [6.07, 6.45) is 3.53. The van der Waals surface area contributed by atoms with E-state index in [2.05, 4.69) is 22.1 Å². The number of hydrogen-bond acceptors (Lipinski definition) is 4. The highest BCUT2D eigenvalue weighted by Gasteiger charge is 2.39. The quantitative estimate of drug-likeness (QED) is 0.943. The number of amides is 1. The highest BCUT2D eigenvalue weighted by Crippen LogP contribution is 2.47. The van der Waals surface area contributed by atoms with Gasteiger partial charge in [-0.25, -0.2) is 4.98 Å². The molecular weight excluding hydrogens is 302 g/mol. The van der Waals surface area contributed by atoms with Crippen LogP contribution in [0, 0.1) is 11.8 Å². The Morgan fingerprint density at radius 1 is 1.33 bits per heavy atom. The lowest BCUT2D eigenvalue weighted by Crippen LogP contribution is -2.57. The molecule has 4 aliphatic rings. The average molecular weight is 325 g/mol. The van der Waals surface area contributed by atoms with Crippen LogP contribution in [0.1, 0.15) is 48.4 Å². The third-order valence-corrected chi connectivity index (χ3v) is 6.08. The van der Waals surface area contributed by atoms with Gasteiger partial charge in [-0.1, -0.05) is 13.0 Å². The molecule has 2 bridgehead atoms. The first-order valence-electron chi connectivity index (χ1n) is 9.11. The van der Waals surface area contributed by atoms with Gasteiger partial charge in [0.05, 0.1) is 5.56 Å². The molecule has 24 heavy (non-hydrogen) atoms. The molecular formula is C19H23N3O2. The van der Waals surface area contributed by atoms with Crippen molar-refractivity contribution in [1.29, 1.82) is 0 Å². The van der Waals surface area contributed by atoms with Crippen LogP contribution in [0.2, 0.25) is 0 Å². The molecule has 1 N–H and O–H groups in total. The smallest absolute Gasteiger partial charge is 0.253 e. The monoisotopic (exact) mass is 325 g/mol. The minimum atomic E-state index is -0.0111. The van der Waals surface area contributed by atoms with Gasteiger partial charge in [0.2, 0.25) is 0 Å². The first kappa shape index (κ1) is 14.5. The predicted molar refractivity (Wildman–Crippen MR) is 90.9 cm³/mol. The molecule has 2 aromatic rings. The van der Waals surface area contributed by atoms with E-state index >= 15 is 0 Å². The van der Waals surface area contributed by atoms with Crippen LogP contribution in [-0.4, -0.2) is 41.5 Å². The summed E-state index contributed by atoms with van der Waals surface area (Å²) in [5, 5.41) is 3.26. The molecule has 3 aliphatic heterocycles. The molecule has 4 fully saturated rings. The lowest BCUT2D eigenvalue weighted by Gasteiger charge is -2.44. The molecule has 3 atom stereocenters. The van der Waals surface area contributed by atoms with Crippen molar-refractivity contribution in [2.75, 3.05) is 19.6 Å². The van der Waals surface area contributed by atoms with Crippen LogP contribution < -0.4 is 5.32 Å². The maximum atomic E-state index is 12.9. The topological polar surface area (TPSA) is 58.4 Å². The first-order chi connectivity index (χ1) is 11.7. The second kappa shape index (κ2) is 5.31. The number of aromatic nitrogens is 1.